The molecule has 0 rings (SSSR count). The van der Waals surface area contributed by atoms with Crippen LogP contribution in [0, 0.1) is 14.4 Å². The van der Waals surface area contributed by atoms with Crippen LogP contribution in [0.25, 0.3) is 0 Å². The van der Waals surface area contributed by atoms with Crippen LogP contribution in [0.3, 0.4) is 0 Å². The Morgan fingerprint density at radius 2 is 1.25 bits per heavy atom. The standard InChI is InChI=1S/C2H5.CH3.W/c1-2;;/h1H2,2H3;1H3;/q2*-1;+2. The van der Waals surface area contributed by atoms with Crippen molar-refractivity contribution >= 4 is 0 Å². The predicted octanol–water partition coefficient (Wildman–Crippen LogP) is 1.29. The van der Waals surface area contributed by atoms with Crippen LogP contribution in [0.15, 0.2) is 0 Å². The van der Waals surface area contributed by atoms with Gasteiger partial charge >= 0.3 is 21.1 Å². The Morgan fingerprint density at radius 3 is 1.25 bits per heavy atom. The molecule has 0 aliphatic carbocycles. The third-order valence-corrected chi connectivity index (χ3v) is 0. The summed E-state index contributed by atoms with van der Waals surface area (Å²) in [6.45, 7) is 5.00. The molecule has 0 saturated heterocycles. The molecule has 0 atom stereocenters. The van der Waals surface area contributed by atoms with Crippen LogP contribution in [-0.4, -0.2) is 0 Å². The van der Waals surface area contributed by atoms with E-state index < -0.39 is 0 Å². The first-order valence-corrected chi connectivity index (χ1v) is 0.707. The summed E-state index contributed by atoms with van der Waals surface area (Å²) < 4.78 is 0. The second-order valence-electron chi connectivity index (χ2n) is 0. The number of hydrogen-bond acceptors (Lipinski definition) is 0. The van der Waals surface area contributed by atoms with Gasteiger partial charge in [0.2, 0.25) is 0 Å². The van der Waals surface area contributed by atoms with Gasteiger partial charge in [0.05, 0.1) is 0 Å². The van der Waals surface area contributed by atoms with E-state index in [1.165, 1.54) is 0 Å². The van der Waals surface area contributed by atoms with Crippen LogP contribution in [0.1, 0.15) is 6.92 Å². The minimum absolute atomic E-state index is 0. The molecule has 0 amide bonds. The van der Waals surface area contributed by atoms with Crippen molar-refractivity contribution in [3.05, 3.63) is 14.4 Å². The number of hydrogen-bond donors (Lipinski definition) is 0. The van der Waals surface area contributed by atoms with E-state index in [-0.39, 0.29) is 28.5 Å². The summed E-state index contributed by atoms with van der Waals surface area (Å²) in [4.78, 5) is 0. The van der Waals surface area contributed by atoms with Crippen LogP contribution in [0.4, 0.5) is 0 Å². The predicted molar refractivity (Wildman–Crippen MR) is 17.4 cm³/mol. The summed E-state index contributed by atoms with van der Waals surface area (Å²) in [5, 5.41) is 0. The van der Waals surface area contributed by atoms with E-state index in [2.05, 4.69) is 6.92 Å². The molecule has 26 valence electrons. The van der Waals surface area contributed by atoms with E-state index in [1.54, 1.807) is 6.92 Å². The molecule has 0 aliphatic heterocycles. The zero-order valence-corrected chi connectivity index (χ0v) is 6.05. The van der Waals surface area contributed by atoms with Gasteiger partial charge in [-0.1, -0.05) is 0 Å². The minimum Gasteiger partial charge on any atom is -0.358 e. The van der Waals surface area contributed by atoms with Crippen molar-refractivity contribution in [2.45, 2.75) is 6.92 Å². The van der Waals surface area contributed by atoms with Crippen molar-refractivity contribution in [2.24, 2.45) is 0 Å². The largest absolute Gasteiger partial charge is 2.00 e. The zero-order chi connectivity index (χ0) is 2.00. The van der Waals surface area contributed by atoms with E-state index in [1.807, 2.05) is 0 Å². The molecule has 0 radical (unpaired) electrons. The van der Waals surface area contributed by atoms with Crippen molar-refractivity contribution in [3.8, 4) is 0 Å². The molecule has 1 heteroatoms. The molecule has 0 spiro atoms. The van der Waals surface area contributed by atoms with E-state index in [0.29, 0.717) is 0 Å². The Hall–Kier alpha value is 0.688. The van der Waals surface area contributed by atoms with Crippen molar-refractivity contribution < 1.29 is 21.1 Å². The van der Waals surface area contributed by atoms with Gasteiger partial charge in [-0.05, 0) is 0 Å². The quantitative estimate of drug-likeness (QED) is 0.548. The fourth-order valence-corrected chi connectivity index (χ4v) is 0. The molecule has 0 N–H and O–H groups in total. The van der Waals surface area contributed by atoms with Gasteiger partial charge in [-0.3, -0.25) is 0 Å². The summed E-state index contributed by atoms with van der Waals surface area (Å²) >= 11 is 0. The molecule has 0 unspecified atom stereocenters. The van der Waals surface area contributed by atoms with Gasteiger partial charge in [-0.2, -0.15) is 6.92 Å². The molecule has 0 heterocycles. The molecule has 0 fully saturated rings. The first kappa shape index (κ1) is 22.4. The Balaban J connectivity index is -0.00000000500. The van der Waals surface area contributed by atoms with Crippen molar-refractivity contribution in [1.82, 2.24) is 0 Å². The summed E-state index contributed by atoms with van der Waals surface area (Å²) in [5.74, 6) is 0. The second kappa shape index (κ2) is 56.3. The fourth-order valence-electron chi connectivity index (χ4n) is 0. The fraction of sp³-hybridized carbons (Fsp3) is 0.333. The van der Waals surface area contributed by atoms with Gasteiger partial charge < -0.3 is 14.4 Å². The zero-order valence-electron chi connectivity index (χ0n) is 3.12. The molecule has 0 aromatic heterocycles. The molecule has 4 heavy (non-hydrogen) atoms. The topological polar surface area (TPSA) is 0 Å². The average Bonchev–Trinajstić information content (AvgIpc) is 1.00. The molecule has 0 bridgehead atoms. The van der Waals surface area contributed by atoms with E-state index in [0.717, 1.165) is 0 Å². The average molecular weight is 228 g/mol. The van der Waals surface area contributed by atoms with Gasteiger partial charge in [-0.25, -0.2) is 0 Å². The van der Waals surface area contributed by atoms with Crippen molar-refractivity contribution in [3.63, 3.8) is 0 Å². The molecule has 0 saturated carbocycles. The van der Waals surface area contributed by atoms with Gasteiger partial charge in [0.15, 0.2) is 0 Å². The maximum absolute atomic E-state index is 3.25. The first-order valence-electron chi connectivity index (χ1n) is 0.707. The smallest absolute Gasteiger partial charge is 0.358 e. The normalized spacial score (nSPS) is 1.50. The molecular weight excluding hydrogens is 220 g/mol. The van der Waals surface area contributed by atoms with Crippen molar-refractivity contribution in [2.75, 3.05) is 0 Å². The summed E-state index contributed by atoms with van der Waals surface area (Å²) in [7, 11) is 0. The Kier molecular flexibility index (Phi) is 315. The van der Waals surface area contributed by atoms with Gasteiger partial charge in [0.1, 0.15) is 0 Å². The summed E-state index contributed by atoms with van der Waals surface area (Å²) in [6.07, 6.45) is 0. The molecular formula is C3H8W. The van der Waals surface area contributed by atoms with E-state index in [4.69, 9.17) is 0 Å². The van der Waals surface area contributed by atoms with Crippen LogP contribution in [-0.2, 0) is 21.1 Å². The van der Waals surface area contributed by atoms with Gasteiger partial charge in [-0.15, -0.1) is 0 Å². The Bertz CT molecular complexity index is 3.25. The third kappa shape index (κ3) is 16.2. The van der Waals surface area contributed by atoms with Crippen LogP contribution < -0.4 is 0 Å². The van der Waals surface area contributed by atoms with E-state index >= 15 is 0 Å². The second-order valence-corrected chi connectivity index (χ2v) is 0. The van der Waals surface area contributed by atoms with Gasteiger partial charge in [0.25, 0.3) is 0 Å². The Labute approximate surface area is 42.9 Å². The third-order valence-electron chi connectivity index (χ3n) is 0. The van der Waals surface area contributed by atoms with Crippen LogP contribution in [0.5, 0.6) is 0 Å². The SMILES string of the molecule is [CH2-]C.[CH3-].[W+2]. The maximum atomic E-state index is 3.25. The minimum atomic E-state index is 0. The first-order chi connectivity index (χ1) is 1.00. The maximum Gasteiger partial charge on any atom is 2.00 e. The monoisotopic (exact) mass is 228 g/mol. The molecule has 0 aromatic carbocycles. The van der Waals surface area contributed by atoms with Crippen LogP contribution >= 0.6 is 0 Å². The summed E-state index contributed by atoms with van der Waals surface area (Å²) in [6, 6.07) is 0. The number of rotatable bonds is 0. The summed E-state index contributed by atoms with van der Waals surface area (Å²) in [5.41, 5.74) is 0. The van der Waals surface area contributed by atoms with Crippen molar-refractivity contribution in [1.29, 1.82) is 0 Å². The molecule has 0 nitrogen and oxygen atoms in total. The Morgan fingerprint density at radius 1 is 1.25 bits per heavy atom. The molecule has 0 aromatic rings. The molecule has 0 aliphatic rings. The van der Waals surface area contributed by atoms with Gasteiger partial charge in [0, 0.05) is 0 Å². The van der Waals surface area contributed by atoms with Crippen LogP contribution in [0.2, 0.25) is 0 Å². The van der Waals surface area contributed by atoms with E-state index in [9.17, 15) is 0 Å².